The van der Waals surface area contributed by atoms with Crippen LogP contribution >= 0.6 is 0 Å². The molecule has 0 atom stereocenters. The summed E-state index contributed by atoms with van der Waals surface area (Å²) in [6.07, 6.45) is 1.29. The fraction of sp³-hybridized carbons (Fsp3) is 0.182. The molecule has 1 heterocycles. The first-order chi connectivity index (χ1) is 8.47. The molecule has 0 radical (unpaired) electrons. The Labute approximate surface area is 103 Å². The SMILES string of the molecule is Cc1cc(N)ccc1Oc1nn(C)cc1[N+](=O)[O-]. The lowest BCUT2D eigenvalue weighted by molar-refractivity contribution is -0.385. The number of hydrogen-bond donors (Lipinski definition) is 1. The second-order valence-electron chi connectivity index (χ2n) is 3.88. The normalized spacial score (nSPS) is 10.3. The minimum Gasteiger partial charge on any atom is -0.432 e. The van der Waals surface area contributed by atoms with E-state index in [9.17, 15) is 10.1 Å². The first-order valence-corrected chi connectivity index (χ1v) is 5.19. The summed E-state index contributed by atoms with van der Waals surface area (Å²) in [7, 11) is 1.59. The number of nitrogen functional groups attached to an aromatic ring is 1. The zero-order valence-electron chi connectivity index (χ0n) is 9.95. The molecule has 7 heteroatoms. The van der Waals surface area contributed by atoms with Crippen LogP contribution in [0.3, 0.4) is 0 Å². The fourth-order valence-corrected chi connectivity index (χ4v) is 1.54. The van der Waals surface area contributed by atoms with Crippen LogP contribution in [0.1, 0.15) is 5.56 Å². The van der Waals surface area contributed by atoms with E-state index in [0.717, 1.165) is 5.56 Å². The van der Waals surface area contributed by atoms with Crippen molar-refractivity contribution < 1.29 is 9.66 Å². The Hall–Kier alpha value is -2.57. The van der Waals surface area contributed by atoms with Gasteiger partial charge in [0.2, 0.25) is 0 Å². The molecule has 1 aromatic heterocycles. The highest BCUT2D eigenvalue weighted by atomic mass is 16.6. The van der Waals surface area contributed by atoms with Gasteiger partial charge in [-0.15, -0.1) is 5.10 Å². The molecule has 0 saturated carbocycles. The maximum atomic E-state index is 10.8. The number of nitrogens with zero attached hydrogens (tertiary/aromatic N) is 3. The molecule has 2 aromatic rings. The Bertz CT molecular complexity index is 606. The van der Waals surface area contributed by atoms with Crippen molar-refractivity contribution in [3.63, 3.8) is 0 Å². The van der Waals surface area contributed by atoms with E-state index in [1.165, 1.54) is 10.9 Å². The summed E-state index contributed by atoms with van der Waals surface area (Å²) in [4.78, 5) is 10.3. The summed E-state index contributed by atoms with van der Waals surface area (Å²) in [6.45, 7) is 1.81. The van der Waals surface area contributed by atoms with Crippen LogP contribution in [0.2, 0.25) is 0 Å². The molecular weight excluding hydrogens is 236 g/mol. The van der Waals surface area contributed by atoms with E-state index in [2.05, 4.69) is 5.10 Å². The molecule has 94 valence electrons. The van der Waals surface area contributed by atoms with Crippen molar-refractivity contribution >= 4 is 11.4 Å². The van der Waals surface area contributed by atoms with Gasteiger partial charge < -0.3 is 10.5 Å². The van der Waals surface area contributed by atoms with Crippen molar-refractivity contribution in [3.05, 3.63) is 40.1 Å². The molecule has 2 rings (SSSR count). The molecule has 7 nitrogen and oxygen atoms in total. The van der Waals surface area contributed by atoms with Crippen LogP contribution in [0, 0.1) is 17.0 Å². The monoisotopic (exact) mass is 248 g/mol. The maximum absolute atomic E-state index is 10.8. The summed E-state index contributed by atoms with van der Waals surface area (Å²) in [5, 5.41) is 14.7. The lowest BCUT2D eigenvalue weighted by atomic mass is 10.2. The summed E-state index contributed by atoms with van der Waals surface area (Å²) >= 11 is 0. The summed E-state index contributed by atoms with van der Waals surface area (Å²) in [5.74, 6) is 0.460. The largest absolute Gasteiger partial charge is 0.432 e. The van der Waals surface area contributed by atoms with Gasteiger partial charge in [-0.05, 0) is 30.7 Å². The zero-order chi connectivity index (χ0) is 13.3. The third kappa shape index (κ3) is 2.24. The average molecular weight is 248 g/mol. The van der Waals surface area contributed by atoms with E-state index in [1.54, 1.807) is 32.2 Å². The molecule has 18 heavy (non-hydrogen) atoms. The number of hydrogen-bond acceptors (Lipinski definition) is 5. The molecule has 0 saturated heterocycles. The van der Waals surface area contributed by atoms with Gasteiger partial charge in [-0.2, -0.15) is 0 Å². The predicted octanol–water partition coefficient (Wildman–Crippen LogP) is 2.01. The third-order valence-electron chi connectivity index (χ3n) is 2.38. The van der Waals surface area contributed by atoms with Crippen molar-refractivity contribution in [2.45, 2.75) is 6.92 Å². The molecule has 0 spiro atoms. The van der Waals surface area contributed by atoms with Crippen LogP contribution < -0.4 is 10.5 Å². The Morgan fingerprint density at radius 3 is 2.83 bits per heavy atom. The van der Waals surface area contributed by atoms with Gasteiger partial charge in [0.05, 0.1) is 4.92 Å². The zero-order valence-corrected chi connectivity index (χ0v) is 9.95. The molecule has 0 fully saturated rings. The molecular formula is C11H12N4O3. The molecule has 0 aliphatic heterocycles. The Balaban J connectivity index is 2.36. The number of aryl methyl sites for hydroxylation is 2. The van der Waals surface area contributed by atoms with E-state index in [1.807, 2.05) is 0 Å². The summed E-state index contributed by atoms with van der Waals surface area (Å²) < 4.78 is 6.78. The molecule has 0 amide bonds. The van der Waals surface area contributed by atoms with Gasteiger partial charge in [0, 0.05) is 12.7 Å². The van der Waals surface area contributed by atoms with Gasteiger partial charge in [0.15, 0.2) is 0 Å². The molecule has 2 N–H and O–H groups in total. The number of anilines is 1. The van der Waals surface area contributed by atoms with Gasteiger partial charge in [0.1, 0.15) is 11.9 Å². The van der Waals surface area contributed by atoms with E-state index < -0.39 is 4.92 Å². The minimum atomic E-state index is -0.533. The molecule has 1 aromatic carbocycles. The van der Waals surface area contributed by atoms with Crippen LogP contribution in [0.4, 0.5) is 11.4 Å². The molecule has 0 bridgehead atoms. The number of nitro groups is 1. The van der Waals surface area contributed by atoms with E-state index in [4.69, 9.17) is 10.5 Å². The van der Waals surface area contributed by atoms with Crippen molar-refractivity contribution in [2.75, 3.05) is 5.73 Å². The highest BCUT2D eigenvalue weighted by molar-refractivity contribution is 5.49. The van der Waals surface area contributed by atoms with Crippen LogP contribution in [0.15, 0.2) is 24.4 Å². The van der Waals surface area contributed by atoms with Gasteiger partial charge in [0.25, 0.3) is 0 Å². The number of nitrogens with two attached hydrogens (primary N) is 1. The topological polar surface area (TPSA) is 96.2 Å². The minimum absolute atomic E-state index is 0.0321. The van der Waals surface area contributed by atoms with Gasteiger partial charge in [-0.25, -0.2) is 0 Å². The average Bonchev–Trinajstić information content (AvgIpc) is 2.64. The maximum Gasteiger partial charge on any atom is 0.350 e. The standard InChI is InChI=1S/C11H12N4O3/c1-7-5-8(12)3-4-10(7)18-11-9(15(16)17)6-14(2)13-11/h3-6H,12H2,1-2H3. The van der Waals surface area contributed by atoms with Crippen molar-refractivity contribution in [1.29, 1.82) is 0 Å². The fourth-order valence-electron chi connectivity index (χ4n) is 1.54. The Morgan fingerprint density at radius 1 is 1.50 bits per heavy atom. The third-order valence-corrected chi connectivity index (χ3v) is 2.38. The lowest BCUT2D eigenvalue weighted by Gasteiger charge is -2.06. The van der Waals surface area contributed by atoms with Gasteiger partial charge >= 0.3 is 11.6 Å². The number of aromatic nitrogens is 2. The highest BCUT2D eigenvalue weighted by Crippen LogP contribution is 2.31. The first kappa shape index (κ1) is 11.9. The van der Waals surface area contributed by atoms with E-state index in [-0.39, 0.29) is 11.6 Å². The molecule has 0 aliphatic rings. The Kier molecular flexibility index (Phi) is 2.88. The van der Waals surface area contributed by atoms with Crippen LogP contribution in [-0.4, -0.2) is 14.7 Å². The van der Waals surface area contributed by atoms with E-state index in [0.29, 0.717) is 11.4 Å². The second kappa shape index (κ2) is 4.36. The van der Waals surface area contributed by atoms with Crippen LogP contribution in [0.25, 0.3) is 0 Å². The van der Waals surface area contributed by atoms with Crippen molar-refractivity contribution in [2.24, 2.45) is 7.05 Å². The van der Waals surface area contributed by atoms with E-state index >= 15 is 0 Å². The van der Waals surface area contributed by atoms with Crippen LogP contribution in [0.5, 0.6) is 11.6 Å². The summed E-state index contributed by atoms with van der Waals surface area (Å²) in [6, 6.07) is 5.05. The second-order valence-corrected chi connectivity index (χ2v) is 3.88. The van der Waals surface area contributed by atoms with Crippen LogP contribution in [-0.2, 0) is 7.05 Å². The number of benzene rings is 1. The number of rotatable bonds is 3. The lowest BCUT2D eigenvalue weighted by Crippen LogP contribution is -1.94. The summed E-state index contributed by atoms with van der Waals surface area (Å²) in [5.41, 5.74) is 6.84. The highest BCUT2D eigenvalue weighted by Gasteiger charge is 2.21. The smallest absolute Gasteiger partial charge is 0.350 e. The van der Waals surface area contributed by atoms with Gasteiger partial charge in [-0.1, -0.05) is 0 Å². The molecule has 0 aliphatic carbocycles. The van der Waals surface area contributed by atoms with Crippen molar-refractivity contribution in [3.8, 4) is 11.6 Å². The Morgan fingerprint density at radius 2 is 2.22 bits per heavy atom. The predicted molar refractivity (Wildman–Crippen MR) is 65.5 cm³/mol. The quantitative estimate of drug-likeness (QED) is 0.509. The van der Waals surface area contributed by atoms with Gasteiger partial charge in [-0.3, -0.25) is 14.8 Å². The number of ether oxygens (including phenoxy) is 1. The molecule has 0 unspecified atom stereocenters. The first-order valence-electron chi connectivity index (χ1n) is 5.19. The van der Waals surface area contributed by atoms with Crippen molar-refractivity contribution in [1.82, 2.24) is 9.78 Å².